The van der Waals surface area contributed by atoms with E-state index in [9.17, 15) is 0 Å². The summed E-state index contributed by atoms with van der Waals surface area (Å²) >= 11 is 5.49. The molecule has 0 aromatic carbocycles. The van der Waals surface area contributed by atoms with E-state index < -0.39 is 0 Å². The maximum atomic E-state index is 6.16. The highest BCUT2D eigenvalue weighted by Gasteiger charge is 2.24. The molecule has 1 unspecified atom stereocenters. The van der Waals surface area contributed by atoms with E-state index in [1.807, 2.05) is 34.5 Å². The SMILES string of the molecule is Nc1c(C2CCSC2)nc2c(Br)cccn12. The fraction of sp³-hybridized carbons (Fsp3) is 0.364. The van der Waals surface area contributed by atoms with Crippen LogP contribution in [0.15, 0.2) is 22.8 Å². The van der Waals surface area contributed by atoms with Crippen molar-refractivity contribution in [2.24, 2.45) is 0 Å². The lowest BCUT2D eigenvalue weighted by molar-refractivity contribution is 0.762. The maximum Gasteiger partial charge on any atom is 0.153 e. The molecule has 84 valence electrons. The van der Waals surface area contributed by atoms with Crippen LogP contribution in [0.1, 0.15) is 18.0 Å². The quantitative estimate of drug-likeness (QED) is 0.880. The molecular weight excluding hydrogens is 286 g/mol. The molecule has 16 heavy (non-hydrogen) atoms. The van der Waals surface area contributed by atoms with E-state index >= 15 is 0 Å². The van der Waals surface area contributed by atoms with Gasteiger partial charge in [0.25, 0.3) is 0 Å². The van der Waals surface area contributed by atoms with Gasteiger partial charge in [-0.3, -0.25) is 4.40 Å². The molecule has 0 bridgehead atoms. The van der Waals surface area contributed by atoms with Crippen molar-refractivity contribution in [1.29, 1.82) is 0 Å². The van der Waals surface area contributed by atoms with Crippen LogP contribution in [0, 0.1) is 0 Å². The van der Waals surface area contributed by atoms with Crippen LogP contribution in [-0.2, 0) is 0 Å². The molecular formula is C11H12BrN3S. The number of imidazole rings is 1. The summed E-state index contributed by atoms with van der Waals surface area (Å²) in [6.07, 6.45) is 3.16. The van der Waals surface area contributed by atoms with Crippen LogP contribution in [0.3, 0.4) is 0 Å². The van der Waals surface area contributed by atoms with Gasteiger partial charge in [0.15, 0.2) is 5.65 Å². The van der Waals surface area contributed by atoms with E-state index in [2.05, 4.69) is 20.9 Å². The van der Waals surface area contributed by atoms with E-state index in [0.29, 0.717) is 5.92 Å². The number of thioether (sulfide) groups is 1. The summed E-state index contributed by atoms with van der Waals surface area (Å²) in [4.78, 5) is 4.67. The number of nitrogens with zero attached hydrogens (tertiary/aromatic N) is 2. The summed E-state index contributed by atoms with van der Waals surface area (Å²) in [6, 6.07) is 3.97. The molecule has 2 aromatic rings. The number of halogens is 1. The van der Waals surface area contributed by atoms with E-state index in [4.69, 9.17) is 5.73 Å². The summed E-state index contributed by atoms with van der Waals surface area (Å²) in [5.41, 5.74) is 8.15. The molecule has 3 rings (SSSR count). The Morgan fingerprint density at radius 3 is 3.12 bits per heavy atom. The van der Waals surface area contributed by atoms with Gasteiger partial charge in [-0.1, -0.05) is 0 Å². The number of nitrogens with two attached hydrogens (primary N) is 1. The summed E-state index contributed by atoms with van der Waals surface area (Å²) in [5, 5.41) is 0. The average molecular weight is 298 g/mol. The minimum Gasteiger partial charge on any atom is -0.383 e. The Bertz CT molecular complexity index is 531. The van der Waals surface area contributed by atoms with Gasteiger partial charge in [0, 0.05) is 17.9 Å². The molecule has 0 aliphatic carbocycles. The first kappa shape index (κ1) is 10.5. The average Bonchev–Trinajstić information content (AvgIpc) is 2.88. The highest BCUT2D eigenvalue weighted by molar-refractivity contribution is 9.10. The Kier molecular flexibility index (Phi) is 2.59. The third-order valence-corrected chi connectivity index (χ3v) is 4.77. The highest BCUT2D eigenvalue weighted by atomic mass is 79.9. The molecule has 1 atom stereocenters. The Morgan fingerprint density at radius 2 is 2.44 bits per heavy atom. The molecule has 1 aliphatic rings. The van der Waals surface area contributed by atoms with E-state index in [0.717, 1.165) is 27.4 Å². The summed E-state index contributed by atoms with van der Waals surface area (Å²) in [7, 11) is 0. The Labute approximate surface area is 107 Å². The van der Waals surface area contributed by atoms with Gasteiger partial charge >= 0.3 is 0 Å². The molecule has 3 heterocycles. The van der Waals surface area contributed by atoms with Crippen molar-refractivity contribution in [3.63, 3.8) is 0 Å². The number of pyridine rings is 1. The number of fused-ring (bicyclic) bond motifs is 1. The zero-order valence-corrected chi connectivity index (χ0v) is 11.1. The molecule has 5 heteroatoms. The van der Waals surface area contributed by atoms with Gasteiger partial charge in [-0.2, -0.15) is 11.8 Å². The van der Waals surface area contributed by atoms with Crippen LogP contribution in [0.5, 0.6) is 0 Å². The normalized spacial score (nSPS) is 20.7. The third-order valence-electron chi connectivity index (χ3n) is 2.98. The smallest absolute Gasteiger partial charge is 0.153 e. The maximum absolute atomic E-state index is 6.16. The zero-order valence-electron chi connectivity index (χ0n) is 8.69. The van der Waals surface area contributed by atoms with Crippen LogP contribution in [-0.4, -0.2) is 20.9 Å². The van der Waals surface area contributed by atoms with Crippen LogP contribution in [0.4, 0.5) is 5.82 Å². The van der Waals surface area contributed by atoms with Crippen molar-refractivity contribution >= 4 is 39.2 Å². The van der Waals surface area contributed by atoms with Crippen LogP contribution in [0.2, 0.25) is 0 Å². The minimum absolute atomic E-state index is 0.525. The molecule has 3 nitrogen and oxygen atoms in total. The topological polar surface area (TPSA) is 43.3 Å². The lowest BCUT2D eigenvalue weighted by atomic mass is 10.1. The third kappa shape index (κ3) is 1.53. The number of nitrogen functional groups attached to an aromatic ring is 1. The molecule has 0 saturated carbocycles. The van der Waals surface area contributed by atoms with Gasteiger partial charge in [-0.05, 0) is 40.2 Å². The molecule has 0 spiro atoms. The number of aromatic nitrogens is 2. The first-order valence-electron chi connectivity index (χ1n) is 5.27. The van der Waals surface area contributed by atoms with Crippen LogP contribution >= 0.6 is 27.7 Å². The van der Waals surface area contributed by atoms with Crippen LogP contribution < -0.4 is 5.73 Å². The lowest BCUT2D eigenvalue weighted by Gasteiger charge is -2.04. The second-order valence-corrected chi connectivity index (χ2v) is 6.00. The van der Waals surface area contributed by atoms with Gasteiger partial charge in [0.2, 0.25) is 0 Å². The number of hydrogen-bond acceptors (Lipinski definition) is 3. The van der Waals surface area contributed by atoms with Crippen molar-refractivity contribution in [2.45, 2.75) is 12.3 Å². The van der Waals surface area contributed by atoms with Crippen LogP contribution in [0.25, 0.3) is 5.65 Å². The van der Waals surface area contributed by atoms with Crippen molar-refractivity contribution in [1.82, 2.24) is 9.38 Å². The van der Waals surface area contributed by atoms with Gasteiger partial charge in [-0.25, -0.2) is 4.98 Å². The molecule has 0 amide bonds. The predicted molar refractivity (Wildman–Crippen MR) is 72.0 cm³/mol. The monoisotopic (exact) mass is 297 g/mol. The summed E-state index contributed by atoms with van der Waals surface area (Å²) < 4.78 is 2.96. The predicted octanol–water partition coefficient (Wildman–Crippen LogP) is 2.90. The number of rotatable bonds is 1. The number of hydrogen-bond donors (Lipinski definition) is 1. The summed E-state index contributed by atoms with van der Waals surface area (Å²) in [5.74, 6) is 3.69. The van der Waals surface area contributed by atoms with Gasteiger partial charge in [-0.15, -0.1) is 0 Å². The fourth-order valence-electron chi connectivity index (χ4n) is 2.12. The second kappa shape index (κ2) is 3.96. The van der Waals surface area contributed by atoms with Crippen molar-refractivity contribution < 1.29 is 0 Å². The Hall–Kier alpha value is -0.680. The highest BCUT2D eigenvalue weighted by Crippen LogP contribution is 2.35. The van der Waals surface area contributed by atoms with Gasteiger partial charge in [0.1, 0.15) is 5.82 Å². The Balaban J connectivity index is 2.18. The molecule has 1 fully saturated rings. The molecule has 2 N–H and O–H groups in total. The van der Waals surface area contributed by atoms with Gasteiger partial charge in [0.05, 0.1) is 10.2 Å². The standard InChI is InChI=1S/C11H12BrN3S/c12-8-2-1-4-15-10(13)9(14-11(8)15)7-3-5-16-6-7/h1-2,4,7H,3,5-6,13H2. The minimum atomic E-state index is 0.525. The summed E-state index contributed by atoms with van der Waals surface area (Å²) in [6.45, 7) is 0. The molecule has 2 aromatic heterocycles. The first-order chi connectivity index (χ1) is 7.77. The Morgan fingerprint density at radius 1 is 1.56 bits per heavy atom. The van der Waals surface area contributed by atoms with Crippen molar-refractivity contribution in [3.8, 4) is 0 Å². The van der Waals surface area contributed by atoms with Crippen molar-refractivity contribution in [3.05, 3.63) is 28.5 Å². The largest absolute Gasteiger partial charge is 0.383 e. The molecule has 1 aliphatic heterocycles. The van der Waals surface area contributed by atoms with E-state index in [-0.39, 0.29) is 0 Å². The molecule has 0 radical (unpaired) electrons. The van der Waals surface area contributed by atoms with E-state index in [1.54, 1.807) is 0 Å². The van der Waals surface area contributed by atoms with Gasteiger partial charge < -0.3 is 5.73 Å². The molecule has 1 saturated heterocycles. The van der Waals surface area contributed by atoms with Crippen molar-refractivity contribution in [2.75, 3.05) is 17.2 Å². The number of anilines is 1. The van der Waals surface area contributed by atoms with E-state index in [1.165, 1.54) is 12.2 Å². The first-order valence-corrected chi connectivity index (χ1v) is 7.22. The second-order valence-electron chi connectivity index (χ2n) is 3.99. The lowest BCUT2D eigenvalue weighted by Crippen LogP contribution is -2.02. The zero-order chi connectivity index (χ0) is 11.1. The fourth-order valence-corrected chi connectivity index (χ4v) is 3.78.